The molecule has 400 valence electrons. The molecule has 0 bridgehead atoms. The molecule has 0 aliphatic heterocycles. The number of aromatic nitrogens is 8. The molecule has 0 aliphatic carbocycles. The second-order valence-electron chi connectivity index (χ2n) is 19.8. The third kappa shape index (κ3) is 11.0. The second-order valence-corrected chi connectivity index (χ2v) is 20.7. The predicted molar refractivity (Wildman–Crippen MR) is 345 cm³/mol. The Hall–Kier alpha value is -10.5. The Morgan fingerprint density at radius 1 is 0.262 bits per heavy atom. The van der Waals surface area contributed by atoms with E-state index < -0.39 is 7.12 Å². The molecule has 4 heterocycles. The van der Waals surface area contributed by atoms with Crippen LogP contribution in [0.2, 0.25) is 0 Å². The average molecular weight is 1150 g/mol. The summed E-state index contributed by atoms with van der Waals surface area (Å²) in [4.78, 5) is 29.5. The molecule has 15 aromatic rings. The summed E-state index contributed by atoms with van der Waals surface area (Å²) in [6.07, 6.45) is 0. The molecule has 0 spiro atoms. The predicted octanol–water partition coefficient (Wildman–Crippen LogP) is 16.1. The van der Waals surface area contributed by atoms with E-state index in [1.165, 1.54) is 0 Å². The van der Waals surface area contributed by atoms with Gasteiger partial charge < -0.3 is 10.0 Å². The first-order valence-corrected chi connectivity index (χ1v) is 28.2. The molecule has 0 saturated heterocycles. The van der Waals surface area contributed by atoms with Gasteiger partial charge in [-0.05, 0) is 90.4 Å². The fraction of sp³-hybridized carbons (Fsp3) is 0. The van der Waals surface area contributed by atoms with Crippen LogP contribution in [0.3, 0.4) is 0 Å². The summed E-state index contributed by atoms with van der Waals surface area (Å²) in [5.41, 5.74) is 19.6. The quantitative estimate of drug-likeness (QED) is 0.137. The van der Waals surface area contributed by atoms with E-state index in [1.807, 2.05) is 146 Å². The summed E-state index contributed by atoms with van der Waals surface area (Å²) in [6.45, 7) is 0. The van der Waals surface area contributed by atoms with Crippen LogP contribution in [0.25, 0.3) is 123 Å². The van der Waals surface area contributed by atoms with Gasteiger partial charge in [-0.15, -0.1) is 0 Å². The lowest BCUT2D eigenvalue weighted by atomic mass is 9.80. The highest BCUT2D eigenvalue weighted by Crippen LogP contribution is 2.36. The maximum Gasteiger partial charge on any atom is 0.488 e. The van der Waals surface area contributed by atoms with E-state index in [2.05, 4.69) is 159 Å². The number of benzene rings is 11. The zero-order valence-corrected chi connectivity index (χ0v) is 46.7. The monoisotopic (exact) mass is 1150 g/mol. The molecule has 0 atom stereocenters. The van der Waals surface area contributed by atoms with Gasteiger partial charge in [0.2, 0.25) is 0 Å². The van der Waals surface area contributed by atoms with Crippen molar-refractivity contribution in [2.24, 2.45) is 0 Å². The van der Waals surface area contributed by atoms with Crippen molar-refractivity contribution in [1.29, 1.82) is 0 Å². The van der Waals surface area contributed by atoms with E-state index in [0.717, 1.165) is 128 Å². The molecular weight excluding hydrogens is 1100 g/mol. The molecule has 10 nitrogen and oxygen atoms in total. The summed E-state index contributed by atoms with van der Waals surface area (Å²) in [7, 11) is -1.48. The Bertz CT molecular complexity index is 4740. The minimum absolute atomic E-state index is 0.443. The van der Waals surface area contributed by atoms with Crippen molar-refractivity contribution in [2.45, 2.75) is 0 Å². The topological polar surface area (TPSA) is 128 Å². The fourth-order valence-electron chi connectivity index (χ4n) is 10.3. The minimum Gasteiger partial charge on any atom is -0.423 e. The van der Waals surface area contributed by atoms with Crippen molar-refractivity contribution in [3.05, 3.63) is 296 Å². The van der Waals surface area contributed by atoms with Gasteiger partial charge in [-0.1, -0.05) is 222 Å². The first-order chi connectivity index (χ1) is 41.4. The minimum atomic E-state index is -1.48. The zero-order valence-electron chi connectivity index (χ0n) is 45.1. The maximum atomic E-state index is 9.29. The lowest BCUT2D eigenvalue weighted by molar-refractivity contribution is 0.426. The van der Waals surface area contributed by atoms with Gasteiger partial charge >= 0.3 is 7.12 Å². The van der Waals surface area contributed by atoms with Crippen molar-refractivity contribution in [1.82, 2.24) is 39.0 Å². The molecule has 11 aromatic carbocycles. The summed E-state index contributed by atoms with van der Waals surface area (Å²) in [5, 5.41) is 18.6. The molecule has 0 unspecified atom stereocenters. The first-order valence-electron chi connectivity index (χ1n) is 27.4. The SMILES string of the molecule is Brc1ccc(-c2nc3ccccc3n2-c2ccccc2)cc1.OB(O)c1ccc(-c2nc3ccccc3nc2-c2ccccc2)cc1.c1ccc(-c2nc3ccccc3nc2-c2ccc(-c3nc4ccccc4n3-c3ccccc3)cc2)cc1. The molecule has 2 N–H and O–H groups in total. The Morgan fingerprint density at radius 3 is 0.893 bits per heavy atom. The number of hydrogen-bond donors (Lipinski definition) is 2. The van der Waals surface area contributed by atoms with Gasteiger partial charge in [-0.2, -0.15) is 0 Å². The highest BCUT2D eigenvalue weighted by atomic mass is 79.9. The van der Waals surface area contributed by atoms with E-state index in [1.54, 1.807) is 12.1 Å². The number of imidazole rings is 2. The van der Waals surface area contributed by atoms with E-state index in [0.29, 0.717) is 5.46 Å². The van der Waals surface area contributed by atoms with Crippen LogP contribution in [0.4, 0.5) is 0 Å². The highest BCUT2D eigenvalue weighted by Gasteiger charge is 2.19. The highest BCUT2D eigenvalue weighted by molar-refractivity contribution is 9.10. The van der Waals surface area contributed by atoms with E-state index >= 15 is 0 Å². The number of rotatable bonds is 9. The van der Waals surface area contributed by atoms with Crippen LogP contribution >= 0.6 is 15.9 Å². The molecule has 0 saturated carbocycles. The van der Waals surface area contributed by atoms with Crippen molar-refractivity contribution >= 4 is 72.6 Å². The van der Waals surface area contributed by atoms with E-state index in [-0.39, 0.29) is 0 Å². The molecule has 15 rings (SSSR count). The van der Waals surface area contributed by atoms with Gasteiger partial charge in [-0.3, -0.25) is 9.13 Å². The molecule has 84 heavy (non-hydrogen) atoms. The number of nitrogens with zero attached hydrogens (tertiary/aromatic N) is 8. The molecule has 4 aromatic heterocycles. The lowest BCUT2D eigenvalue weighted by Crippen LogP contribution is -2.29. The van der Waals surface area contributed by atoms with Crippen LogP contribution in [0.1, 0.15) is 0 Å². The second kappa shape index (κ2) is 23.9. The Morgan fingerprint density at radius 2 is 0.536 bits per heavy atom. The molecule has 0 radical (unpaired) electrons. The van der Waals surface area contributed by atoms with Gasteiger partial charge in [0.05, 0.1) is 66.9 Å². The lowest BCUT2D eigenvalue weighted by Gasteiger charge is -2.12. The summed E-state index contributed by atoms with van der Waals surface area (Å²) in [5.74, 6) is 1.87. The van der Waals surface area contributed by atoms with Crippen molar-refractivity contribution in [2.75, 3.05) is 0 Å². The van der Waals surface area contributed by atoms with Gasteiger partial charge in [-0.25, -0.2) is 29.9 Å². The smallest absolute Gasteiger partial charge is 0.423 e. The zero-order chi connectivity index (χ0) is 56.8. The summed E-state index contributed by atoms with van der Waals surface area (Å²) < 4.78 is 5.49. The Balaban J connectivity index is 0.000000123. The van der Waals surface area contributed by atoms with Crippen LogP contribution in [-0.4, -0.2) is 56.2 Å². The largest absolute Gasteiger partial charge is 0.488 e. The summed E-state index contributed by atoms with van der Waals surface area (Å²) >= 11 is 3.49. The first kappa shape index (κ1) is 52.9. The van der Waals surface area contributed by atoms with Gasteiger partial charge in [0, 0.05) is 49.2 Å². The maximum absolute atomic E-state index is 9.29. The third-order valence-electron chi connectivity index (χ3n) is 14.4. The third-order valence-corrected chi connectivity index (χ3v) is 14.9. The van der Waals surface area contributed by atoms with Gasteiger partial charge in [0.25, 0.3) is 0 Å². The fourth-order valence-corrected chi connectivity index (χ4v) is 10.6. The normalized spacial score (nSPS) is 11.0. The van der Waals surface area contributed by atoms with Crippen LogP contribution in [-0.2, 0) is 0 Å². The van der Waals surface area contributed by atoms with Gasteiger partial charge in [0.15, 0.2) is 0 Å². The summed E-state index contributed by atoms with van der Waals surface area (Å²) in [6, 6.07) is 97.0. The molecule has 0 amide bonds. The average Bonchev–Trinajstić information content (AvgIpc) is 4.36. The molecule has 0 aliphatic rings. The van der Waals surface area contributed by atoms with Crippen molar-refractivity contribution in [3.63, 3.8) is 0 Å². The van der Waals surface area contributed by atoms with Crippen LogP contribution in [0, 0.1) is 0 Å². The Kier molecular flexibility index (Phi) is 15.0. The van der Waals surface area contributed by atoms with E-state index in [4.69, 9.17) is 29.9 Å². The molecule has 0 fully saturated rings. The number of fused-ring (bicyclic) bond motifs is 4. The van der Waals surface area contributed by atoms with Crippen LogP contribution < -0.4 is 5.46 Å². The van der Waals surface area contributed by atoms with Crippen LogP contribution in [0.15, 0.2) is 296 Å². The van der Waals surface area contributed by atoms with Crippen molar-refractivity contribution < 1.29 is 10.0 Å². The van der Waals surface area contributed by atoms with Crippen molar-refractivity contribution in [3.8, 4) is 79.2 Å². The van der Waals surface area contributed by atoms with E-state index in [9.17, 15) is 10.0 Å². The van der Waals surface area contributed by atoms with Crippen LogP contribution in [0.5, 0.6) is 0 Å². The Labute approximate surface area is 493 Å². The standard InChI is InChI=1S/C33H22N4.C20H15BN2O2.C19H13BrN2/c1-3-11-23(12-4-1)31-32(35-28-16-8-7-15-27(28)34-31)24-19-21-25(22-20-24)33-36-29-17-9-10-18-30(29)37(33)26-13-5-2-6-14-26;24-21(25)16-12-10-15(11-13-16)20-19(14-6-2-1-3-7-14)22-17-8-4-5-9-18(17)23-20;20-15-12-10-14(11-13-15)19-21-17-8-4-5-9-18(17)22(19)16-6-2-1-3-7-16/h1-22H;1-13,24-25H;1-13H. The number of para-hydroxylation sites is 10. The number of halogens is 1. The molecular formula is C72H50BBrN8O2. The number of hydrogen-bond acceptors (Lipinski definition) is 8. The molecule has 12 heteroatoms. The van der Waals surface area contributed by atoms with Gasteiger partial charge in [0.1, 0.15) is 11.6 Å².